The van der Waals surface area contributed by atoms with Gasteiger partial charge in [-0.15, -0.1) is 11.3 Å². The van der Waals surface area contributed by atoms with Crippen molar-refractivity contribution in [2.24, 2.45) is 5.84 Å². The molecule has 2 aromatic carbocycles. The fourth-order valence-corrected chi connectivity index (χ4v) is 4.32. The zero-order chi connectivity index (χ0) is 19.5. The summed E-state index contributed by atoms with van der Waals surface area (Å²) in [6.07, 6.45) is 1.80. The van der Waals surface area contributed by atoms with Gasteiger partial charge < -0.3 is 5.32 Å². The Hall–Kier alpha value is -2.74. The molecule has 0 unspecified atom stereocenters. The molecule has 0 saturated carbocycles. The van der Waals surface area contributed by atoms with Gasteiger partial charge in [0.2, 0.25) is 0 Å². The largest absolute Gasteiger partial charge is 0.379 e. The third-order valence-corrected chi connectivity index (χ3v) is 5.99. The molecule has 0 aliphatic rings. The Balaban J connectivity index is 1.72. The summed E-state index contributed by atoms with van der Waals surface area (Å²) in [5.41, 5.74) is 7.06. The normalized spacial score (nSPS) is 10.8. The van der Waals surface area contributed by atoms with E-state index in [-0.39, 0.29) is 5.91 Å². The van der Waals surface area contributed by atoms with Crippen molar-refractivity contribution in [2.75, 3.05) is 5.32 Å². The quantitative estimate of drug-likeness (QED) is 0.227. The van der Waals surface area contributed by atoms with Crippen molar-refractivity contribution in [1.29, 1.82) is 0 Å². The molecular weight excluding hydrogens is 436 g/mol. The second-order valence-corrected chi connectivity index (χ2v) is 7.97. The molecule has 2 aromatic heterocycles. The summed E-state index contributed by atoms with van der Waals surface area (Å²) in [6, 6.07) is 18.0. The number of amides is 1. The number of rotatable bonds is 5. The van der Waals surface area contributed by atoms with Gasteiger partial charge in [0.05, 0.1) is 11.2 Å². The predicted molar refractivity (Wildman–Crippen MR) is 118 cm³/mol. The topological polar surface area (TPSA) is 80.0 Å². The molecule has 0 saturated heterocycles. The molecule has 0 fully saturated rings. The lowest BCUT2D eigenvalue weighted by atomic mass is 10.1. The number of carbonyl (C=O) groups excluding carboxylic acids is 1. The summed E-state index contributed by atoms with van der Waals surface area (Å²) >= 11 is 4.83. The third-order valence-electron chi connectivity index (χ3n) is 4.48. The number of nitrogen functional groups attached to an aromatic ring is 1. The number of hydrogen-bond donors (Lipinski definition) is 3. The number of carbonyl (C=O) groups is 1. The highest BCUT2D eigenvalue weighted by molar-refractivity contribution is 9.10. The van der Waals surface area contributed by atoms with Crippen LogP contribution in [0.5, 0.6) is 0 Å². The number of nitrogens with one attached hydrogen (secondary N) is 2. The van der Waals surface area contributed by atoms with Crippen molar-refractivity contribution < 1.29 is 4.79 Å². The Morgan fingerprint density at radius 2 is 1.89 bits per heavy atom. The van der Waals surface area contributed by atoms with Gasteiger partial charge in [0.15, 0.2) is 0 Å². The van der Waals surface area contributed by atoms with Crippen molar-refractivity contribution in [2.45, 2.75) is 6.54 Å². The summed E-state index contributed by atoms with van der Waals surface area (Å²) in [7, 11) is 0. The van der Waals surface area contributed by atoms with Gasteiger partial charge in [-0.25, -0.2) is 5.84 Å². The van der Waals surface area contributed by atoms with Crippen LogP contribution in [-0.4, -0.2) is 10.9 Å². The average Bonchev–Trinajstić information content (AvgIpc) is 3.16. The Morgan fingerprint density at radius 3 is 2.68 bits per heavy atom. The summed E-state index contributed by atoms with van der Waals surface area (Å²) in [6.45, 7) is 0.564. The van der Waals surface area contributed by atoms with Gasteiger partial charge in [0.1, 0.15) is 4.88 Å². The third kappa shape index (κ3) is 3.64. The van der Waals surface area contributed by atoms with Crippen molar-refractivity contribution in [3.05, 3.63) is 81.1 Å². The number of nitrogens with zero attached hydrogens (tertiary/aromatic N) is 1. The molecule has 140 valence electrons. The van der Waals surface area contributed by atoms with E-state index < -0.39 is 0 Å². The van der Waals surface area contributed by atoms with E-state index in [1.54, 1.807) is 6.20 Å². The van der Waals surface area contributed by atoms with Crippen LogP contribution in [0.1, 0.15) is 15.2 Å². The van der Waals surface area contributed by atoms with Crippen molar-refractivity contribution in [3.8, 4) is 11.1 Å². The van der Waals surface area contributed by atoms with Crippen LogP contribution < -0.4 is 16.6 Å². The first-order valence-electron chi connectivity index (χ1n) is 8.62. The lowest BCUT2D eigenvalue weighted by molar-refractivity contribution is 0.0958. The Morgan fingerprint density at radius 1 is 1.11 bits per heavy atom. The fraction of sp³-hybridized carbons (Fsp3) is 0.0476. The smallest absolute Gasteiger partial charge is 0.277 e. The molecule has 0 aliphatic carbocycles. The minimum absolute atomic E-state index is 0.310. The molecule has 28 heavy (non-hydrogen) atoms. The maximum atomic E-state index is 12.3. The van der Waals surface area contributed by atoms with Crippen LogP contribution >= 0.6 is 27.3 Å². The molecule has 0 atom stereocenters. The fourth-order valence-electron chi connectivity index (χ4n) is 3.10. The second-order valence-electron chi connectivity index (χ2n) is 6.17. The van der Waals surface area contributed by atoms with E-state index in [0.29, 0.717) is 11.4 Å². The van der Waals surface area contributed by atoms with E-state index in [4.69, 9.17) is 5.84 Å². The van der Waals surface area contributed by atoms with Crippen molar-refractivity contribution in [1.82, 2.24) is 10.4 Å². The van der Waals surface area contributed by atoms with Crippen LogP contribution in [0.15, 0.2) is 70.6 Å². The molecule has 2 heterocycles. The van der Waals surface area contributed by atoms with Crippen LogP contribution in [0, 0.1) is 0 Å². The molecule has 4 aromatic rings. The van der Waals surface area contributed by atoms with Crippen LogP contribution in [0.25, 0.3) is 22.0 Å². The van der Waals surface area contributed by atoms with Crippen molar-refractivity contribution >= 4 is 49.8 Å². The number of hydrazine groups is 1. The number of benzene rings is 2. The standard InChI is InChI=1S/C21H17BrN4OS/c22-15-7-5-13(6-8-15)17-12-28-20(21(27)26-23)19(17)25-11-14-9-10-24-18-4-2-1-3-16(14)18/h1-10,12,25H,11,23H2,(H,26,27). The highest BCUT2D eigenvalue weighted by Gasteiger charge is 2.18. The SMILES string of the molecule is NNC(=O)c1scc(-c2ccc(Br)cc2)c1NCc1ccnc2ccccc12. The van der Waals surface area contributed by atoms with Gasteiger partial charge >= 0.3 is 0 Å². The first-order chi connectivity index (χ1) is 13.7. The molecule has 0 bridgehead atoms. The molecule has 0 radical (unpaired) electrons. The predicted octanol–water partition coefficient (Wildman–Crippen LogP) is 4.94. The molecule has 4 N–H and O–H groups in total. The molecule has 7 heteroatoms. The molecule has 1 amide bonds. The minimum atomic E-state index is -0.310. The summed E-state index contributed by atoms with van der Waals surface area (Å²) in [5.74, 6) is 5.08. The number of hydrogen-bond acceptors (Lipinski definition) is 5. The molecular formula is C21H17BrN4OS. The maximum Gasteiger partial charge on any atom is 0.277 e. The summed E-state index contributed by atoms with van der Waals surface area (Å²) < 4.78 is 1.00. The number of para-hydroxylation sites is 1. The van der Waals surface area contributed by atoms with Crippen molar-refractivity contribution in [3.63, 3.8) is 0 Å². The first kappa shape index (κ1) is 18.6. The summed E-state index contributed by atoms with van der Waals surface area (Å²) in [5, 5.41) is 6.51. The monoisotopic (exact) mass is 452 g/mol. The number of anilines is 1. The Labute approximate surface area is 174 Å². The number of aromatic nitrogens is 1. The minimum Gasteiger partial charge on any atom is -0.379 e. The average molecular weight is 453 g/mol. The number of halogens is 1. The maximum absolute atomic E-state index is 12.3. The first-order valence-corrected chi connectivity index (χ1v) is 10.3. The van der Waals surface area contributed by atoms with E-state index >= 15 is 0 Å². The number of fused-ring (bicyclic) bond motifs is 1. The van der Waals surface area contributed by atoms with Gasteiger partial charge in [-0.1, -0.05) is 46.3 Å². The zero-order valence-corrected chi connectivity index (χ0v) is 17.2. The van der Waals surface area contributed by atoms with Gasteiger partial charge in [-0.05, 0) is 35.4 Å². The van der Waals surface area contributed by atoms with Gasteiger partial charge in [0.25, 0.3) is 5.91 Å². The van der Waals surface area contributed by atoms with E-state index in [1.807, 2.05) is 53.9 Å². The lowest BCUT2D eigenvalue weighted by Crippen LogP contribution is -2.29. The van der Waals surface area contributed by atoms with E-state index in [0.717, 1.165) is 37.8 Å². The molecule has 4 rings (SSSR count). The number of nitrogens with two attached hydrogens (primary N) is 1. The van der Waals surface area contributed by atoms with Crippen LogP contribution in [0.4, 0.5) is 5.69 Å². The van der Waals surface area contributed by atoms with E-state index in [9.17, 15) is 4.79 Å². The Kier molecular flexibility index (Phi) is 5.38. The summed E-state index contributed by atoms with van der Waals surface area (Å²) in [4.78, 5) is 17.2. The van der Waals surface area contributed by atoms with E-state index in [2.05, 4.69) is 37.7 Å². The number of thiophene rings is 1. The second kappa shape index (κ2) is 8.10. The van der Waals surface area contributed by atoms with Gasteiger partial charge in [-0.2, -0.15) is 0 Å². The van der Waals surface area contributed by atoms with Crippen LogP contribution in [0.2, 0.25) is 0 Å². The molecule has 0 spiro atoms. The zero-order valence-electron chi connectivity index (χ0n) is 14.8. The highest BCUT2D eigenvalue weighted by Crippen LogP contribution is 2.37. The highest BCUT2D eigenvalue weighted by atomic mass is 79.9. The van der Waals surface area contributed by atoms with Gasteiger partial charge in [-0.3, -0.25) is 15.2 Å². The van der Waals surface area contributed by atoms with Gasteiger partial charge in [0, 0.05) is 33.5 Å². The molecule has 5 nitrogen and oxygen atoms in total. The Bertz CT molecular complexity index is 1140. The van der Waals surface area contributed by atoms with E-state index in [1.165, 1.54) is 11.3 Å². The lowest BCUT2D eigenvalue weighted by Gasteiger charge is -2.12. The van der Waals surface area contributed by atoms with Crippen LogP contribution in [0.3, 0.4) is 0 Å². The molecule has 0 aliphatic heterocycles. The number of pyridine rings is 1. The van der Waals surface area contributed by atoms with Crippen LogP contribution in [-0.2, 0) is 6.54 Å².